The zero-order valence-electron chi connectivity index (χ0n) is 18.6. The Kier molecular flexibility index (Phi) is 12.0. The molecule has 0 aromatic heterocycles. The number of rotatable bonds is 7. The maximum Gasteiger partial charge on any atom is 0.242 e. The van der Waals surface area contributed by atoms with E-state index in [9.17, 15) is 4.79 Å². The molecule has 170 valence electrons. The lowest BCUT2D eigenvalue weighted by Gasteiger charge is -2.32. The summed E-state index contributed by atoms with van der Waals surface area (Å²) in [6.45, 7) is 12.7. The smallest absolute Gasteiger partial charge is 0.242 e. The average Bonchev–Trinajstić information content (AvgIpc) is 2.65. The Hall–Kier alpha value is -1.06. The van der Waals surface area contributed by atoms with Crippen LogP contribution in [0.3, 0.4) is 0 Å². The molecule has 6 nitrogen and oxygen atoms in total. The summed E-state index contributed by atoms with van der Waals surface area (Å²) in [5.74, 6) is 1.24. The van der Waals surface area contributed by atoms with E-state index in [-0.39, 0.29) is 42.0 Å². The number of piperidine rings is 1. The number of nitrogens with one attached hydrogen (secondary N) is 3. The lowest BCUT2D eigenvalue weighted by atomic mass is 9.96. The fraction of sp³-hybridized carbons (Fsp3) is 0.636. The third-order valence-electron chi connectivity index (χ3n) is 4.86. The van der Waals surface area contributed by atoms with Crippen LogP contribution in [0.15, 0.2) is 29.3 Å². The number of carbonyl (C=O) groups is 1. The summed E-state index contributed by atoms with van der Waals surface area (Å²) >= 11 is 6.29. The van der Waals surface area contributed by atoms with Crippen molar-refractivity contribution in [2.75, 3.05) is 32.7 Å². The molecule has 0 atom stereocenters. The molecule has 1 aromatic carbocycles. The van der Waals surface area contributed by atoms with Gasteiger partial charge in [-0.05, 0) is 71.2 Å². The van der Waals surface area contributed by atoms with Crippen molar-refractivity contribution in [3.8, 4) is 0 Å². The van der Waals surface area contributed by atoms with E-state index >= 15 is 0 Å². The van der Waals surface area contributed by atoms with E-state index in [2.05, 4.69) is 31.9 Å². The molecule has 0 radical (unpaired) electrons. The largest absolute Gasteiger partial charge is 0.357 e. The number of amides is 1. The summed E-state index contributed by atoms with van der Waals surface area (Å²) in [5, 5.41) is 10.4. The van der Waals surface area contributed by atoms with E-state index in [1.165, 1.54) is 5.56 Å². The molecule has 8 heteroatoms. The highest BCUT2D eigenvalue weighted by Gasteiger charge is 2.20. The second kappa shape index (κ2) is 13.4. The van der Waals surface area contributed by atoms with Crippen LogP contribution in [-0.4, -0.2) is 55.0 Å². The highest BCUT2D eigenvalue weighted by Crippen LogP contribution is 2.21. The summed E-state index contributed by atoms with van der Waals surface area (Å²) in [6, 6.07) is 8.07. The Bertz CT molecular complexity index is 684. The van der Waals surface area contributed by atoms with Crippen LogP contribution in [0, 0.1) is 5.92 Å². The van der Waals surface area contributed by atoms with Crippen molar-refractivity contribution >= 4 is 47.4 Å². The van der Waals surface area contributed by atoms with E-state index in [4.69, 9.17) is 11.6 Å². The topological polar surface area (TPSA) is 68.8 Å². The number of hydrogen-bond acceptors (Lipinski definition) is 3. The zero-order chi connectivity index (χ0) is 21.3. The highest BCUT2D eigenvalue weighted by atomic mass is 127. The van der Waals surface area contributed by atoms with Crippen LogP contribution in [-0.2, 0) is 11.3 Å². The van der Waals surface area contributed by atoms with Gasteiger partial charge < -0.3 is 16.0 Å². The van der Waals surface area contributed by atoms with Crippen molar-refractivity contribution in [3.05, 3.63) is 34.9 Å². The number of halogens is 2. The lowest BCUT2D eigenvalue weighted by molar-refractivity contribution is -0.121. The van der Waals surface area contributed by atoms with E-state index in [1.54, 1.807) is 0 Å². The first-order valence-electron chi connectivity index (χ1n) is 10.6. The predicted molar refractivity (Wildman–Crippen MR) is 137 cm³/mol. The second-order valence-corrected chi connectivity index (χ2v) is 9.09. The zero-order valence-corrected chi connectivity index (χ0v) is 21.7. The number of hydrogen-bond donors (Lipinski definition) is 3. The van der Waals surface area contributed by atoms with Crippen LogP contribution >= 0.6 is 35.6 Å². The quantitative estimate of drug-likeness (QED) is 0.276. The van der Waals surface area contributed by atoms with Crippen molar-refractivity contribution in [2.24, 2.45) is 10.9 Å². The number of benzene rings is 1. The van der Waals surface area contributed by atoms with Gasteiger partial charge in [0.2, 0.25) is 5.91 Å². The Morgan fingerprint density at radius 1 is 1.20 bits per heavy atom. The van der Waals surface area contributed by atoms with Crippen molar-refractivity contribution < 1.29 is 4.79 Å². The Morgan fingerprint density at radius 3 is 2.47 bits per heavy atom. The number of nitrogens with zero attached hydrogens (tertiary/aromatic N) is 2. The molecule has 0 aliphatic carbocycles. The molecular formula is C22H37ClIN5O. The third-order valence-corrected chi connectivity index (χ3v) is 5.23. The molecule has 1 fully saturated rings. The molecular weight excluding hydrogens is 513 g/mol. The molecule has 2 rings (SSSR count). The normalized spacial score (nSPS) is 16.0. The van der Waals surface area contributed by atoms with Gasteiger partial charge in [0, 0.05) is 30.2 Å². The summed E-state index contributed by atoms with van der Waals surface area (Å²) in [7, 11) is 0. The number of carbonyl (C=O) groups excluding carboxylic acids is 1. The number of guanidine groups is 1. The monoisotopic (exact) mass is 549 g/mol. The van der Waals surface area contributed by atoms with Gasteiger partial charge in [-0.2, -0.15) is 0 Å². The van der Waals surface area contributed by atoms with Gasteiger partial charge in [0.15, 0.2) is 5.96 Å². The molecule has 30 heavy (non-hydrogen) atoms. The van der Waals surface area contributed by atoms with E-state index < -0.39 is 0 Å². The third kappa shape index (κ3) is 10.3. The number of aliphatic imine (C=N–C) groups is 1. The molecule has 1 amide bonds. The van der Waals surface area contributed by atoms with Gasteiger partial charge >= 0.3 is 0 Å². The standard InChI is InChI=1S/C22H36ClN5O.HI/c1-5-24-21(26-15-20(29)27-22(2,3)4)25-14-17-10-12-28(13-11-17)16-18-8-6-7-9-19(18)23;/h6-9,17H,5,10-16H2,1-4H3,(H,27,29)(H2,24,25,26);1H. The molecule has 1 aliphatic rings. The molecule has 3 N–H and O–H groups in total. The molecule has 1 saturated heterocycles. The van der Waals surface area contributed by atoms with Crippen molar-refractivity contribution in [1.29, 1.82) is 0 Å². The molecule has 1 heterocycles. The fourth-order valence-corrected chi connectivity index (χ4v) is 3.60. The van der Waals surface area contributed by atoms with Crippen LogP contribution < -0.4 is 16.0 Å². The first-order chi connectivity index (χ1) is 13.8. The number of likely N-dealkylation sites (tertiary alicyclic amines) is 1. The predicted octanol–water partition coefficient (Wildman–Crippen LogP) is 3.64. The first-order valence-corrected chi connectivity index (χ1v) is 10.9. The van der Waals surface area contributed by atoms with Crippen LogP contribution in [0.1, 0.15) is 46.1 Å². The van der Waals surface area contributed by atoms with Crippen LogP contribution in [0.2, 0.25) is 5.02 Å². The van der Waals surface area contributed by atoms with Gasteiger partial charge in [-0.1, -0.05) is 29.8 Å². The molecule has 0 unspecified atom stereocenters. The van der Waals surface area contributed by atoms with Gasteiger partial charge in [-0.25, -0.2) is 4.99 Å². The van der Waals surface area contributed by atoms with Crippen molar-refractivity contribution in [3.63, 3.8) is 0 Å². The molecule has 1 aliphatic heterocycles. The van der Waals surface area contributed by atoms with Gasteiger partial charge in [-0.15, -0.1) is 24.0 Å². The summed E-state index contributed by atoms with van der Waals surface area (Å²) in [4.78, 5) is 18.9. The molecule has 1 aromatic rings. The Balaban J connectivity index is 0.00000450. The minimum absolute atomic E-state index is 0. The fourth-order valence-electron chi connectivity index (χ4n) is 3.41. The lowest BCUT2D eigenvalue weighted by Crippen LogP contribution is -2.44. The van der Waals surface area contributed by atoms with E-state index in [1.807, 2.05) is 45.9 Å². The van der Waals surface area contributed by atoms with Crippen LogP contribution in [0.25, 0.3) is 0 Å². The van der Waals surface area contributed by atoms with Gasteiger partial charge in [0.1, 0.15) is 6.54 Å². The van der Waals surface area contributed by atoms with Gasteiger partial charge in [0.25, 0.3) is 0 Å². The Labute approximate surface area is 203 Å². The maximum absolute atomic E-state index is 12.0. The van der Waals surface area contributed by atoms with E-state index in [0.29, 0.717) is 11.9 Å². The molecule has 0 saturated carbocycles. The summed E-state index contributed by atoms with van der Waals surface area (Å²) < 4.78 is 0. The van der Waals surface area contributed by atoms with Gasteiger partial charge in [0.05, 0.1) is 0 Å². The van der Waals surface area contributed by atoms with E-state index in [0.717, 1.165) is 50.6 Å². The molecule has 0 bridgehead atoms. The highest BCUT2D eigenvalue weighted by molar-refractivity contribution is 14.0. The average molecular weight is 550 g/mol. The summed E-state index contributed by atoms with van der Waals surface area (Å²) in [6.07, 6.45) is 2.28. The van der Waals surface area contributed by atoms with Crippen molar-refractivity contribution in [1.82, 2.24) is 20.9 Å². The molecule has 0 spiro atoms. The minimum atomic E-state index is -0.240. The maximum atomic E-state index is 12.0. The van der Waals surface area contributed by atoms with Crippen molar-refractivity contribution in [2.45, 2.75) is 52.6 Å². The SMILES string of the molecule is CCNC(=NCC(=O)NC(C)(C)C)NCC1CCN(Cc2ccccc2Cl)CC1.I. The minimum Gasteiger partial charge on any atom is -0.357 e. The van der Waals surface area contributed by atoms with Gasteiger partial charge in [-0.3, -0.25) is 9.69 Å². The van der Waals surface area contributed by atoms with Crippen LogP contribution in [0.4, 0.5) is 0 Å². The first kappa shape index (κ1) is 27.0. The second-order valence-electron chi connectivity index (χ2n) is 8.69. The Morgan fingerprint density at radius 2 is 1.87 bits per heavy atom. The summed E-state index contributed by atoms with van der Waals surface area (Å²) in [5.41, 5.74) is 0.955. The van der Waals surface area contributed by atoms with Crippen LogP contribution in [0.5, 0.6) is 0 Å².